The Morgan fingerprint density at radius 3 is 2.78 bits per heavy atom. The van der Waals surface area contributed by atoms with Crippen molar-refractivity contribution < 1.29 is 9.31 Å². The van der Waals surface area contributed by atoms with Crippen LogP contribution >= 0.6 is 0 Å². The maximum Gasteiger partial charge on any atom is 0.463 e. The third kappa shape index (κ3) is 1.44. The van der Waals surface area contributed by atoms with Gasteiger partial charge in [0.05, 0.1) is 17.8 Å². The van der Waals surface area contributed by atoms with Crippen molar-refractivity contribution in [3.8, 4) is 6.07 Å². The van der Waals surface area contributed by atoms with Crippen molar-refractivity contribution in [1.82, 2.24) is 0 Å². The van der Waals surface area contributed by atoms with Crippen LogP contribution in [0.1, 0.15) is 33.6 Å². The lowest BCUT2D eigenvalue weighted by Gasteiger charge is -2.64. The minimum atomic E-state index is -0.276. The Kier molecular flexibility index (Phi) is 2.46. The molecule has 3 saturated carbocycles. The molecule has 1 saturated heterocycles. The predicted octanol–water partition coefficient (Wildman–Crippen LogP) is 2.79. The van der Waals surface area contributed by atoms with E-state index in [4.69, 9.17) is 14.6 Å². The number of nitrogens with zero attached hydrogens (tertiary/aromatic N) is 1. The van der Waals surface area contributed by atoms with E-state index in [-0.39, 0.29) is 18.8 Å². The second-order valence-corrected chi connectivity index (χ2v) is 6.82. The van der Waals surface area contributed by atoms with Gasteiger partial charge >= 0.3 is 7.12 Å². The van der Waals surface area contributed by atoms with Crippen LogP contribution in [-0.2, 0) is 9.31 Å². The Balaban J connectivity index is 1.77. The Morgan fingerprint density at radius 1 is 1.44 bits per heavy atom. The van der Waals surface area contributed by atoms with Crippen LogP contribution in [0.5, 0.6) is 0 Å². The summed E-state index contributed by atoms with van der Waals surface area (Å²) in [6.45, 7) is 10.6. The summed E-state index contributed by atoms with van der Waals surface area (Å²) < 4.78 is 12.2. The molecule has 0 unspecified atom stereocenters. The van der Waals surface area contributed by atoms with Gasteiger partial charge in [0.15, 0.2) is 0 Å². The second-order valence-electron chi connectivity index (χ2n) is 6.82. The fourth-order valence-corrected chi connectivity index (χ4v) is 4.28. The van der Waals surface area contributed by atoms with Gasteiger partial charge < -0.3 is 9.31 Å². The van der Waals surface area contributed by atoms with Crippen LogP contribution in [0.4, 0.5) is 0 Å². The average Bonchev–Trinajstić information content (AvgIpc) is 2.63. The lowest BCUT2D eigenvalue weighted by Crippen LogP contribution is -2.65. The first-order chi connectivity index (χ1) is 8.38. The van der Waals surface area contributed by atoms with Gasteiger partial charge in [-0.2, -0.15) is 5.26 Å². The van der Waals surface area contributed by atoms with Gasteiger partial charge in [-0.05, 0) is 37.0 Å². The van der Waals surface area contributed by atoms with Crippen LogP contribution in [0.25, 0.3) is 0 Å². The zero-order chi connectivity index (χ0) is 13.1. The summed E-state index contributed by atoms with van der Waals surface area (Å²) in [7, 11) is -0.276. The molecule has 0 radical (unpaired) electrons. The minimum absolute atomic E-state index is 0.168. The Morgan fingerprint density at radius 2 is 2.17 bits per heavy atom. The molecule has 0 aromatic heterocycles. The molecule has 4 rings (SSSR count). The number of hydrogen-bond acceptors (Lipinski definition) is 3. The molecule has 4 atom stereocenters. The monoisotopic (exact) mass is 245 g/mol. The molecule has 4 fully saturated rings. The van der Waals surface area contributed by atoms with Crippen molar-refractivity contribution in [2.24, 2.45) is 17.3 Å². The van der Waals surface area contributed by atoms with E-state index < -0.39 is 0 Å². The molecule has 3 nitrogen and oxygen atoms in total. The van der Waals surface area contributed by atoms with Gasteiger partial charge in [0.25, 0.3) is 0 Å². The molecule has 4 aliphatic rings. The van der Waals surface area contributed by atoms with Crippen molar-refractivity contribution in [2.75, 3.05) is 0 Å². The van der Waals surface area contributed by atoms with Gasteiger partial charge in [-0.1, -0.05) is 20.4 Å². The van der Waals surface area contributed by atoms with E-state index in [1.165, 1.54) is 6.42 Å². The molecule has 0 N–H and O–H groups in total. The molecular formula is C14H20BNO2. The molecule has 4 heteroatoms. The molecule has 2 bridgehead atoms. The molecule has 0 aromatic rings. The standard InChI is InChI=1S/C14H20BNO2/c1-9(8-16)7-15-17-12-6-10-5-11(13(10,2)3)14(12,4)18-15/h10-12H,1,5-7H2,2-4H3/t10-,11-,12+,14-/m0/s1. The maximum absolute atomic E-state index is 8.80. The number of nitriles is 1. The van der Waals surface area contributed by atoms with Gasteiger partial charge in [-0.15, -0.1) is 0 Å². The van der Waals surface area contributed by atoms with Gasteiger partial charge in [0.2, 0.25) is 0 Å². The highest BCUT2D eigenvalue weighted by atomic mass is 16.7. The van der Waals surface area contributed by atoms with Crippen LogP contribution in [0.2, 0.25) is 6.32 Å². The number of allylic oxidation sites excluding steroid dienone is 1. The SMILES string of the molecule is C=C(C#N)CB1O[C@@H]2C[C@@H]3C[C@@H](C3(C)C)[C@]2(C)O1. The Bertz CT molecular complexity index is 442. The zero-order valence-electron chi connectivity index (χ0n) is 11.4. The third-order valence-corrected chi connectivity index (χ3v) is 5.57. The van der Waals surface area contributed by atoms with E-state index in [1.807, 2.05) is 0 Å². The lowest BCUT2D eigenvalue weighted by atomic mass is 9.43. The summed E-state index contributed by atoms with van der Waals surface area (Å²) in [6, 6.07) is 2.07. The average molecular weight is 245 g/mol. The van der Waals surface area contributed by atoms with E-state index in [1.54, 1.807) is 0 Å². The van der Waals surface area contributed by atoms with E-state index in [0.29, 0.717) is 23.2 Å². The topological polar surface area (TPSA) is 42.2 Å². The van der Waals surface area contributed by atoms with E-state index in [0.717, 1.165) is 12.3 Å². The highest BCUT2D eigenvalue weighted by Gasteiger charge is 2.67. The summed E-state index contributed by atoms with van der Waals surface area (Å²) >= 11 is 0. The summed E-state index contributed by atoms with van der Waals surface area (Å²) in [5, 5.41) is 8.80. The van der Waals surface area contributed by atoms with Crippen molar-refractivity contribution in [3.63, 3.8) is 0 Å². The van der Waals surface area contributed by atoms with Crippen LogP contribution in [0, 0.1) is 28.6 Å². The van der Waals surface area contributed by atoms with Crippen molar-refractivity contribution in [3.05, 3.63) is 12.2 Å². The molecule has 18 heavy (non-hydrogen) atoms. The molecule has 1 aliphatic heterocycles. The normalized spacial score (nSPS) is 43.9. The van der Waals surface area contributed by atoms with Crippen molar-refractivity contribution >= 4 is 7.12 Å². The third-order valence-electron chi connectivity index (χ3n) is 5.57. The maximum atomic E-state index is 8.80. The molecular weight excluding hydrogens is 225 g/mol. The van der Waals surface area contributed by atoms with Gasteiger partial charge in [-0.3, -0.25) is 0 Å². The molecule has 0 aromatic carbocycles. The first-order valence-electron chi connectivity index (χ1n) is 6.79. The highest BCUT2D eigenvalue weighted by Crippen LogP contribution is 2.65. The largest absolute Gasteiger partial charge is 0.463 e. The minimum Gasteiger partial charge on any atom is -0.405 e. The Hall–Kier alpha value is -0.785. The van der Waals surface area contributed by atoms with Gasteiger partial charge in [-0.25, -0.2) is 0 Å². The van der Waals surface area contributed by atoms with Crippen molar-refractivity contribution in [2.45, 2.75) is 51.6 Å². The summed E-state index contributed by atoms with van der Waals surface area (Å²) in [6.07, 6.45) is 3.05. The molecule has 0 spiro atoms. The van der Waals surface area contributed by atoms with E-state index >= 15 is 0 Å². The second kappa shape index (κ2) is 3.62. The van der Waals surface area contributed by atoms with Gasteiger partial charge in [0, 0.05) is 11.9 Å². The fourth-order valence-electron chi connectivity index (χ4n) is 4.28. The van der Waals surface area contributed by atoms with Gasteiger partial charge in [0.1, 0.15) is 0 Å². The van der Waals surface area contributed by atoms with Crippen LogP contribution in [0.15, 0.2) is 12.2 Å². The summed E-state index contributed by atoms with van der Waals surface area (Å²) in [4.78, 5) is 0. The lowest BCUT2D eigenvalue weighted by molar-refractivity contribution is -0.199. The quantitative estimate of drug-likeness (QED) is 0.555. The van der Waals surface area contributed by atoms with E-state index in [2.05, 4.69) is 33.4 Å². The van der Waals surface area contributed by atoms with Crippen LogP contribution < -0.4 is 0 Å². The molecule has 3 aliphatic carbocycles. The Labute approximate surface area is 109 Å². The van der Waals surface area contributed by atoms with Crippen LogP contribution in [0.3, 0.4) is 0 Å². The fraction of sp³-hybridized carbons (Fsp3) is 0.786. The summed E-state index contributed by atoms with van der Waals surface area (Å²) in [5.41, 5.74) is 0.739. The first kappa shape index (κ1) is 12.3. The summed E-state index contributed by atoms with van der Waals surface area (Å²) in [5.74, 6) is 1.34. The van der Waals surface area contributed by atoms with Crippen LogP contribution in [-0.4, -0.2) is 18.8 Å². The molecule has 96 valence electrons. The molecule has 0 amide bonds. The molecule has 1 heterocycles. The predicted molar refractivity (Wildman–Crippen MR) is 69.7 cm³/mol. The van der Waals surface area contributed by atoms with E-state index in [9.17, 15) is 0 Å². The first-order valence-corrected chi connectivity index (χ1v) is 6.79. The van der Waals surface area contributed by atoms with Crippen molar-refractivity contribution in [1.29, 1.82) is 5.26 Å². The zero-order valence-corrected chi connectivity index (χ0v) is 11.4. The number of rotatable bonds is 2. The number of hydrogen-bond donors (Lipinski definition) is 0. The smallest absolute Gasteiger partial charge is 0.405 e. The highest BCUT2D eigenvalue weighted by molar-refractivity contribution is 6.46.